The number of nitrogens with two attached hydrogens (primary N) is 1. The molecule has 0 aromatic heterocycles. The van der Waals surface area contributed by atoms with Gasteiger partial charge >= 0.3 is 0 Å². The first-order chi connectivity index (χ1) is 5.96. The van der Waals surface area contributed by atoms with E-state index in [-0.39, 0.29) is 5.41 Å². The van der Waals surface area contributed by atoms with Crippen LogP contribution in [0.5, 0.6) is 0 Å². The molecule has 0 aromatic carbocycles. The van der Waals surface area contributed by atoms with Gasteiger partial charge in [-0.3, -0.25) is 0 Å². The third-order valence-electron chi connectivity index (χ3n) is 2.80. The Balaban J connectivity index is 4.11. The molecule has 2 nitrogen and oxygen atoms in total. The number of hydrogen-bond donors (Lipinski definition) is 1. The second-order valence-electron chi connectivity index (χ2n) is 4.69. The van der Waals surface area contributed by atoms with Gasteiger partial charge in [0.15, 0.2) is 0 Å². The molecule has 0 heterocycles. The predicted octanol–water partition coefficient (Wildman–Crippen LogP) is 2.09. The summed E-state index contributed by atoms with van der Waals surface area (Å²) in [5.74, 6) is 0. The van der Waals surface area contributed by atoms with Crippen LogP contribution in [0.1, 0.15) is 41.0 Å². The minimum atomic E-state index is 0.249. The van der Waals surface area contributed by atoms with Crippen molar-refractivity contribution in [2.24, 2.45) is 11.1 Å². The minimum absolute atomic E-state index is 0.249. The molecule has 0 aliphatic carbocycles. The standard InChI is InChI=1S/C11H26N2/c1-6-10(3)13(7-2)9-11(4,5)8-12/h10H,6-9,12H2,1-5H3. The lowest BCUT2D eigenvalue weighted by Crippen LogP contribution is -2.42. The molecule has 0 aromatic rings. The Labute approximate surface area is 83.5 Å². The third-order valence-corrected chi connectivity index (χ3v) is 2.80. The summed E-state index contributed by atoms with van der Waals surface area (Å²) in [7, 11) is 0. The van der Waals surface area contributed by atoms with Crippen LogP contribution in [-0.2, 0) is 0 Å². The van der Waals surface area contributed by atoms with Crippen LogP contribution in [-0.4, -0.2) is 30.6 Å². The molecule has 1 unspecified atom stereocenters. The maximum absolute atomic E-state index is 5.72. The molecule has 0 radical (unpaired) electrons. The normalized spacial score (nSPS) is 15.0. The van der Waals surface area contributed by atoms with Gasteiger partial charge < -0.3 is 10.6 Å². The average molecular weight is 186 g/mol. The van der Waals surface area contributed by atoms with Crippen molar-refractivity contribution in [1.29, 1.82) is 0 Å². The fraction of sp³-hybridized carbons (Fsp3) is 1.00. The topological polar surface area (TPSA) is 29.3 Å². The van der Waals surface area contributed by atoms with Gasteiger partial charge in [0.1, 0.15) is 0 Å². The Morgan fingerprint density at radius 3 is 2.15 bits per heavy atom. The summed E-state index contributed by atoms with van der Waals surface area (Å²) < 4.78 is 0. The Kier molecular flexibility index (Phi) is 5.57. The van der Waals surface area contributed by atoms with Crippen molar-refractivity contribution in [1.82, 2.24) is 4.90 Å². The molecule has 0 aliphatic rings. The molecule has 2 heteroatoms. The zero-order valence-corrected chi connectivity index (χ0v) is 9.93. The lowest BCUT2D eigenvalue weighted by atomic mass is 9.92. The first kappa shape index (κ1) is 12.9. The fourth-order valence-corrected chi connectivity index (χ4v) is 1.45. The van der Waals surface area contributed by atoms with E-state index in [0.29, 0.717) is 6.04 Å². The maximum atomic E-state index is 5.72. The van der Waals surface area contributed by atoms with Crippen LogP contribution >= 0.6 is 0 Å². The second-order valence-corrected chi connectivity index (χ2v) is 4.69. The summed E-state index contributed by atoms with van der Waals surface area (Å²) in [6, 6.07) is 0.677. The predicted molar refractivity (Wildman–Crippen MR) is 59.8 cm³/mol. The number of hydrogen-bond acceptors (Lipinski definition) is 2. The van der Waals surface area contributed by atoms with Gasteiger partial charge in [-0.1, -0.05) is 27.7 Å². The summed E-state index contributed by atoms with van der Waals surface area (Å²) in [4.78, 5) is 2.51. The van der Waals surface area contributed by atoms with Crippen LogP contribution in [0.25, 0.3) is 0 Å². The smallest absolute Gasteiger partial charge is 0.00644 e. The fourth-order valence-electron chi connectivity index (χ4n) is 1.45. The summed E-state index contributed by atoms with van der Waals surface area (Å²) in [6.07, 6.45) is 1.22. The molecule has 0 amide bonds. The molecule has 0 rings (SSSR count). The van der Waals surface area contributed by atoms with Crippen LogP contribution in [0.4, 0.5) is 0 Å². The Hall–Kier alpha value is -0.0800. The molecule has 2 N–H and O–H groups in total. The van der Waals surface area contributed by atoms with E-state index in [2.05, 4.69) is 39.5 Å². The highest BCUT2D eigenvalue weighted by Crippen LogP contribution is 2.17. The van der Waals surface area contributed by atoms with E-state index >= 15 is 0 Å². The highest BCUT2D eigenvalue weighted by molar-refractivity contribution is 4.76. The molecular weight excluding hydrogens is 160 g/mol. The van der Waals surface area contributed by atoms with Crippen molar-refractivity contribution in [2.75, 3.05) is 19.6 Å². The average Bonchev–Trinajstić information content (AvgIpc) is 2.13. The van der Waals surface area contributed by atoms with Gasteiger partial charge in [-0.25, -0.2) is 0 Å². The molecule has 0 fully saturated rings. The molecule has 0 spiro atoms. The first-order valence-corrected chi connectivity index (χ1v) is 5.41. The molecule has 80 valence electrons. The largest absolute Gasteiger partial charge is 0.330 e. The summed E-state index contributed by atoms with van der Waals surface area (Å²) in [5.41, 5.74) is 5.97. The Bertz CT molecular complexity index is 132. The minimum Gasteiger partial charge on any atom is -0.330 e. The molecule has 1 atom stereocenters. The van der Waals surface area contributed by atoms with Crippen molar-refractivity contribution in [3.8, 4) is 0 Å². The van der Waals surface area contributed by atoms with Gasteiger partial charge in [0.2, 0.25) is 0 Å². The molecule has 0 aliphatic heterocycles. The highest BCUT2D eigenvalue weighted by atomic mass is 15.1. The molecular formula is C11H26N2. The third kappa shape index (κ3) is 4.63. The lowest BCUT2D eigenvalue weighted by molar-refractivity contribution is 0.144. The van der Waals surface area contributed by atoms with Crippen molar-refractivity contribution < 1.29 is 0 Å². The van der Waals surface area contributed by atoms with E-state index in [9.17, 15) is 0 Å². The van der Waals surface area contributed by atoms with Gasteiger partial charge in [-0.2, -0.15) is 0 Å². The van der Waals surface area contributed by atoms with Gasteiger partial charge in [0, 0.05) is 12.6 Å². The van der Waals surface area contributed by atoms with Gasteiger partial charge in [0.25, 0.3) is 0 Å². The van der Waals surface area contributed by atoms with Crippen LogP contribution in [0.15, 0.2) is 0 Å². The maximum Gasteiger partial charge on any atom is 0.00644 e. The van der Waals surface area contributed by atoms with Crippen LogP contribution in [0.2, 0.25) is 0 Å². The highest BCUT2D eigenvalue weighted by Gasteiger charge is 2.21. The van der Waals surface area contributed by atoms with E-state index in [1.165, 1.54) is 6.42 Å². The molecule has 0 bridgehead atoms. The van der Waals surface area contributed by atoms with Crippen molar-refractivity contribution in [3.63, 3.8) is 0 Å². The quantitative estimate of drug-likeness (QED) is 0.688. The Morgan fingerprint density at radius 1 is 1.31 bits per heavy atom. The van der Waals surface area contributed by atoms with Crippen molar-refractivity contribution in [2.45, 2.75) is 47.1 Å². The van der Waals surface area contributed by atoms with E-state index in [0.717, 1.165) is 19.6 Å². The first-order valence-electron chi connectivity index (χ1n) is 5.41. The van der Waals surface area contributed by atoms with E-state index < -0.39 is 0 Å². The van der Waals surface area contributed by atoms with Gasteiger partial charge in [-0.05, 0) is 31.8 Å². The zero-order chi connectivity index (χ0) is 10.5. The van der Waals surface area contributed by atoms with E-state index in [1.807, 2.05) is 0 Å². The summed E-state index contributed by atoms with van der Waals surface area (Å²) in [6.45, 7) is 14.2. The van der Waals surface area contributed by atoms with Crippen LogP contribution in [0.3, 0.4) is 0 Å². The van der Waals surface area contributed by atoms with Crippen LogP contribution < -0.4 is 5.73 Å². The summed E-state index contributed by atoms with van der Waals surface area (Å²) >= 11 is 0. The van der Waals surface area contributed by atoms with Crippen molar-refractivity contribution >= 4 is 0 Å². The summed E-state index contributed by atoms with van der Waals surface area (Å²) in [5, 5.41) is 0. The van der Waals surface area contributed by atoms with Gasteiger partial charge in [-0.15, -0.1) is 0 Å². The zero-order valence-electron chi connectivity index (χ0n) is 9.93. The lowest BCUT2D eigenvalue weighted by Gasteiger charge is -2.34. The second kappa shape index (κ2) is 5.61. The number of rotatable bonds is 6. The number of nitrogens with zero attached hydrogens (tertiary/aromatic N) is 1. The van der Waals surface area contributed by atoms with E-state index in [4.69, 9.17) is 5.73 Å². The van der Waals surface area contributed by atoms with E-state index in [1.54, 1.807) is 0 Å². The molecule has 13 heavy (non-hydrogen) atoms. The molecule has 0 saturated carbocycles. The monoisotopic (exact) mass is 186 g/mol. The van der Waals surface area contributed by atoms with Gasteiger partial charge in [0.05, 0.1) is 0 Å². The SMILES string of the molecule is CCC(C)N(CC)CC(C)(C)CN. The van der Waals surface area contributed by atoms with Crippen molar-refractivity contribution in [3.05, 3.63) is 0 Å². The Morgan fingerprint density at radius 2 is 1.85 bits per heavy atom. The van der Waals surface area contributed by atoms with Crippen LogP contribution in [0, 0.1) is 5.41 Å². The molecule has 0 saturated heterocycles.